The Hall–Kier alpha value is -1.10. The summed E-state index contributed by atoms with van der Waals surface area (Å²) < 4.78 is 6.08. The highest BCUT2D eigenvalue weighted by Gasteiger charge is 2.26. The summed E-state index contributed by atoms with van der Waals surface area (Å²) in [5, 5.41) is 6.94. The van der Waals surface area contributed by atoms with Gasteiger partial charge >= 0.3 is 0 Å². The summed E-state index contributed by atoms with van der Waals surface area (Å²) in [5.74, 6) is 0.454. The number of benzene rings is 1. The van der Waals surface area contributed by atoms with E-state index < -0.39 is 0 Å². The number of halogens is 1. The average molecular weight is 325 g/mol. The second-order valence-corrected chi connectivity index (χ2v) is 6.09. The Kier molecular flexibility index (Phi) is 7.16. The van der Waals surface area contributed by atoms with Crippen molar-refractivity contribution >= 4 is 17.5 Å². The third-order valence-electron chi connectivity index (χ3n) is 3.94. The van der Waals surface area contributed by atoms with Crippen molar-refractivity contribution in [1.82, 2.24) is 10.6 Å². The van der Waals surface area contributed by atoms with Crippen molar-refractivity contribution in [2.75, 3.05) is 26.2 Å². The van der Waals surface area contributed by atoms with Crippen molar-refractivity contribution in [3.05, 3.63) is 34.9 Å². The van der Waals surface area contributed by atoms with E-state index in [2.05, 4.69) is 16.7 Å². The highest BCUT2D eigenvalue weighted by molar-refractivity contribution is 6.30. The first-order valence-electron chi connectivity index (χ1n) is 8.05. The molecule has 0 saturated carbocycles. The molecule has 22 heavy (non-hydrogen) atoms. The number of ether oxygens (including phenoxy) is 1. The molecule has 1 fully saturated rings. The molecule has 5 heteroatoms. The molecular formula is C17H25ClN2O2. The van der Waals surface area contributed by atoms with Gasteiger partial charge < -0.3 is 15.4 Å². The highest BCUT2D eigenvalue weighted by Crippen LogP contribution is 2.32. The molecule has 2 N–H and O–H groups in total. The maximum absolute atomic E-state index is 11.6. The van der Waals surface area contributed by atoms with E-state index in [1.54, 1.807) is 0 Å². The van der Waals surface area contributed by atoms with Crippen LogP contribution in [0.15, 0.2) is 24.3 Å². The second-order valence-electron chi connectivity index (χ2n) is 5.66. The third-order valence-corrected chi connectivity index (χ3v) is 4.18. The topological polar surface area (TPSA) is 50.4 Å². The molecule has 1 heterocycles. The van der Waals surface area contributed by atoms with Crippen LogP contribution in [0.5, 0.6) is 0 Å². The predicted molar refractivity (Wildman–Crippen MR) is 89.0 cm³/mol. The zero-order valence-corrected chi connectivity index (χ0v) is 13.9. The monoisotopic (exact) mass is 324 g/mol. The Morgan fingerprint density at radius 1 is 1.55 bits per heavy atom. The maximum Gasteiger partial charge on any atom is 0.222 e. The van der Waals surface area contributed by atoms with Gasteiger partial charge in [-0.2, -0.15) is 0 Å². The Morgan fingerprint density at radius 3 is 3.09 bits per heavy atom. The van der Waals surface area contributed by atoms with Gasteiger partial charge in [0.15, 0.2) is 0 Å². The fourth-order valence-electron chi connectivity index (χ4n) is 2.89. The highest BCUT2D eigenvalue weighted by atomic mass is 35.5. The molecule has 1 aliphatic heterocycles. The van der Waals surface area contributed by atoms with Crippen molar-refractivity contribution in [2.45, 2.75) is 32.3 Å². The summed E-state index contributed by atoms with van der Waals surface area (Å²) in [7, 11) is 0. The van der Waals surface area contributed by atoms with Crippen molar-refractivity contribution in [1.29, 1.82) is 0 Å². The Balaban J connectivity index is 2.00. The molecule has 1 aromatic carbocycles. The first-order chi connectivity index (χ1) is 10.7. The standard InChI is InChI=1S/C17H25ClN2O2/c1-2-20-16(21)8-10-22-17(14-6-4-9-19-12-14)13-5-3-7-15(18)11-13/h3,5,7,11,14,17,19H,2,4,6,8-10,12H2,1H3,(H,20,21)/t14-,17?/m1/s1. The molecule has 1 amide bonds. The van der Waals surface area contributed by atoms with Crippen LogP contribution in [0.4, 0.5) is 0 Å². The van der Waals surface area contributed by atoms with Crippen molar-refractivity contribution in [3.8, 4) is 0 Å². The lowest BCUT2D eigenvalue weighted by atomic mass is 9.89. The molecule has 1 aliphatic rings. The van der Waals surface area contributed by atoms with Crippen LogP contribution in [0.3, 0.4) is 0 Å². The van der Waals surface area contributed by atoms with Crippen LogP contribution in [0.2, 0.25) is 5.02 Å². The van der Waals surface area contributed by atoms with Gasteiger partial charge in [-0.15, -0.1) is 0 Å². The molecule has 0 bridgehead atoms. The van der Waals surface area contributed by atoms with E-state index in [4.69, 9.17) is 16.3 Å². The van der Waals surface area contributed by atoms with Gasteiger partial charge in [-0.1, -0.05) is 23.7 Å². The number of amides is 1. The van der Waals surface area contributed by atoms with Crippen LogP contribution in [0, 0.1) is 5.92 Å². The first-order valence-corrected chi connectivity index (χ1v) is 8.43. The smallest absolute Gasteiger partial charge is 0.222 e. The van der Waals surface area contributed by atoms with Gasteiger partial charge in [-0.3, -0.25) is 4.79 Å². The fraction of sp³-hybridized carbons (Fsp3) is 0.588. The molecule has 0 spiro atoms. The Bertz CT molecular complexity index is 475. The normalized spacial score (nSPS) is 19.6. The number of piperidine rings is 1. The van der Waals surface area contributed by atoms with E-state index >= 15 is 0 Å². The van der Waals surface area contributed by atoms with Crippen LogP contribution in [-0.4, -0.2) is 32.1 Å². The number of carbonyl (C=O) groups excluding carboxylic acids is 1. The summed E-state index contributed by atoms with van der Waals surface area (Å²) in [6, 6.07) is 7.84. The van der Waals surface area contributed by atoms with Crippen molar-refractivity contribution in [2.24, 2.45) is 5.92 Å². The SMILES string of the molecule is CCNC(=O)CCOC(c1cccc(Cl)c1)[C@@H]1CCCNC1. The molecule has 122 valence electrons. The lowest BCUT2D eigenvalue weighted by Gasteiger charge is -2.31. The fourth-order valence-corrected chi connectivity index (χ4v) is 3.09. The van der Waals surface area contributed by atoms with Crippen LogP contribution >= 0.6 is 11.6 Å². The molecule has 0 radical (unpaired) electrons. The van der Waals surface area contributed by atoms with Crippen LogP contribution in [0.25, 0.3) is 0 Å². The molecule has 2 rings (SSSR count). The molecule has 0 aliphatic carbocycles. The zero-order valence-electron chi connectivity index (χ0n) is 13.1. The van der Waals surface area contributed by atoms with Crippen molar-refractivity contribution in [3.63, 3.8) is 0 Å². The van der Waals surface area contributed by atoms with Gasteiger partial charge in [0, 0.05) is 30.5 Å². The van der Waals surface area contributed by atoms with Gasteiger partial charge in [-0.25, -0.2) is 0 Å². The van der Waals surface area contributed by atoms with Crippen LogP contribution in [-0.2, 0) is 9.53 Å². The number of hydrogen-bond donors (Lipinski definition) is 2. The quantitative estimate of drug-likeness (QED) is 0.811. The molecule has 1 aromatic rings. The Morgan fingerprint density at radius 2 is 2.41 bits per heavy atom. The van der Waals surface area contributed by atoms with E-state index in [0.29, 0.717) is 25.5 Å². The van der Waals surface area contributed by atoms with Gasteiger partial charge in [0.05, 0.1) is 12.7 Å². The van der Waals surface area contributed by atoms with E-state index in [1.165, 1.54) is 0 Å². The van der Waals surface area contributed by atoms with E-state index in [0.717, 1.165) is 36.5 Å². The first kappa shape index (κ1) is 17.3. The summed E-state index contributed by atoms with van der Waals surface area (Å²) in [6.45, 7) is 5.01. The number of rotatable bonds is 7. The van der Waals surface area contributed by atoms with Gasteiger partial charge in [0.1, 0.15) is 0 Å². The third kappa shape index (κ3) is 5.27. The summed E-state index contributed by atoms with van der Waals surface area (Å²) in [5.41, 5.74) is 1.09. The molecule has 0 aromatic heterocycles. The minimum atomic E-state index is -0.0130. The van der Waals surface area contributed by atoms with E-state index in [-0.39, 0.29) is 12.0 Å². The minimum absolute atomic E-state index is 0.0130. The largest absolute Gasteiger partial charge is 0.373 e. The lowest BCUT2D eigenvalue weighted by Crippen LogP contribution is -2.34. The average Bonchev–Trinajstić information content (AvgIpc) is 2.53. The second kappa shape index (κ2) is 9.13. The molecule has 2 atom stereocenters. The summed E-state index contributed by atoms with van der Waals surface area (Å²) >= 11 is 6.12. The molecule has 1 unspecified atom stereocenters. The summed E-state index contributed by atoms with van der Waals surface area (Å²) in [6.07, 6.45) is 2.67. The molecular weight excluding hydrogens is 300 g/mol. The minimum Gasteiger partial charge on any atom is -0.373 e. The zero-order chi connectivity index (χ0) is 15.8. The van der Waals surface area contributed by atoms with Gasteiger partial charge in [0.25, 0.3) is 0 Å². The number of nitrogens with one attached hydrogen (secondary N) is 2. The van der Waals surface area contributed by atoms with Gasteiger partial charge in [0.2, 0.25) is 5.91 Å². The van der Waals surface area contributed by atoms with E-state index in [9.17, 15) is 4.79 Å². The van der Waals surface area contributed by atoms with Crippen molar-refractivity contribution < 1.29 is 9.53 Å². The lowest BCUT2D eigenvalue weighted by molar-refractivity contribution is -0.123. The number of hydrogen-bond acceptors (Lipinski definition) is 3. The molecule has 4 nitrogen and oxygen atoms in total. The maximum atomic E-state index is 11.6. The van der Waals surface area contributed by atoms with Crippen LogP contribution in [0.1, 0.15) is 37.9 Å². The van der Waals surface area contributed by atoms with E-state index in [1.807, 2.05) is 25.1 Å². The van der Waals surface area contributed by atoms with Crippen LogP contribution < -0.4 is 10.6 Å². The Labute approximate surface area is 137 Å². The number of carbonyl (C=O) groups is 1. The predicted octanol–water partition coefficient (Wildman–Crippen LogP) is 2.92. The molecule has 1 saturated heterocycles. The summed E-state index contributed by atoms with van der Waals surface area (Å²) in [4.78, 5) is 11.6. The van der Waals surface area contributed by atoms with Gasteiger partial charge in [-0.05, 0) is 44.0 Å².